The lowest BCUT2D eigenvalue weighted by Gasteiger charge is -2.26. The largest absolute Gasteiger partial charge is 0.497 e. The summed E-state index contributed by atoms with van der Waals surface area (Å²) in [6.07, 6.45) is 3.03. The van der Waals surface area contributed by atoms with Gasteiger partial charge in [0.25, 0.3) is 0 Å². The Balaban J connectivity index is 1.48. The van der Waals surface area contributed by atoms with E-state index in [0.29, 0.717) is 6.54 Å². The molecule has 0 amide bonds. The number of morpholine rings is 1. The molecule has 29 heavy (non-hydrogen) atoms. The first kappa shape index (κ1) is 21.1. The molecule has 0 aliphatic carbocycles. The van der Waals surface area contributed by atoms with Crippen LogP contribution in [0, 0.1) is 0 Å². The van der Waals surface area contributed by atoms with Gasteiger partial charge in [0.1, 0.15) is 5.75 Å². The molecule has 0 spiro atoms. The van der Waals surface area contributed by atoms with Gasteiger partial charge in [0, 0.05) is 32.4 Å². The van der Waals surface area contributed by atoms with Crippen LogP contribution >= 0.6 is 0 Å². The molecule has 1 aromatic heterocycles. The van der Waals surface area contributed by atoms with Gasteiger partial charge in [-0.3, -0.25) is 4.90 Å². The molecule has 2 heterocycles. The monoisotopic (exact) mass is 400 g/mol. The quantitative estimate of drug-likeness (QED) is 0.379. The summed E-state index contributed by atoms with van der Waals surface area (Å²) in [7, 11) is 1.66. The highest BCUT2D eigenvalue weighted by Crippen LogP contribution is 2.14. The van der Waals surface area contributed by atoms with E-state index in [0.717, 1.165) is 75.4 Å². The zero-order valence-electron chi connectivity index (χ0n) is 17.4. The lowest BCUT2D eigenvalue weighted by atomic mass is 10.3. The molecule has 1 aromatic carbocycles. The molecule has 0 saturated carbocycles. The molecule has 8 heteroatoms. The number of guanidine groups is 1. The fraction of sp³-hybridized carbons (Fsp3) is 0.524. The van der Waals surface area contributed by atoms with Crippen molar-refractivity contribution in [1.29, 1.82) is 0 Å². The summed E-state index contributed by atoms with van der Waals surface area (Å²) < 4.78 is 12.4. The van der Waals surface area contributed by atoms with E-state index in [1.807, 2.05) is 41.2 Å². The predicted molar refractivity (Wildman–Crippen MR) is 115 cm³/mol. The minimum Gasteiger partial charge on any atom is -0.497 e. The maximum absolute atomic E-state index is 5.39. The predicted octanol–water partition coefficient (Wildman–Crippen LogP) is 1.66. The van der Waals surface area contributed by atoms with Crippen molar-refractivity contribution >= 4 is 5.96 Å². The van der Waals surface area contributed by atoms with Crippen LogP contribution in [0.2, 0.25) is 0 Å². The van der Waals surface area contributed by atoms with Gasteiger partial charge >= 0.3 is 0 Å². The number of aliphatic imine (C=N–C) groups is 1. The Bertz CT molecular complexity index is 753. The SMILES string of the molecule is CCNC(=NCc1ccn(-c2ccc(OC)cc2)n1)NCCCN1CCOCC1. The van der Waals surface area contributed by atoms with Crippen molar-refractivity contribution in [2.45, 2.75) is 19.9 Å². The van der Waals surface area contributed by atoms with Gasteiger partial charge in [-0.25, -0.2) is 9.67 Å². The fourth-order valence-corrected chi connectivity index (χ4v) is 3.16. The molecule has 0 atom stereocenters. The Kier molecular flexibility index (Phi) is 8.33. The summed E-state index contributed by atoms with van der Waals surface area (Å²) in [5, 5.41) is 11.3. The summed E-state index contributed by atoms with van der Waals surface area (Å²) in [6.45, 7) is 9.17. The number of aromatic nitrogens is 2. The first-order chi connectivity index (χ1) is 14.3. The maximum atomic E-state index is 5.39. The number of hydrogen-bond acceptors (Lipinski definition) is 5. The standard InChI is InChI=1S/C21H32N6O2/c1-3-22-21(23-10-4-11-26-13-15-29-16-14-26)24-17-18-9-12-27(25-18)19-5-7-20(28-2)8-6-19/h5-9,12H,3-4,10-11,13-17H2,1-2H3,(H2,22,23,24). The van der Waals surface area contributed by atoms with Crippen LogP contribution in [0.4, 0.5) is 0 Å². The Labute approximate surface area is 172 Å². The van der Waals surface area contributed by atoms with Gasteiger partial charge in [0.05, 0.1) is 38.2 Å². The Hall–Kier alpha value is -2.58. The van der Waals surface area contributed by atoms with E-state index in [2.05, 4.69) is 32.5 Å². The van der Waals surface area contributed by atoms with Gasteiger partial charge in [-0.05, 0) is 50.2 Å². The third-order valence-corrected chi connectivity index (χ3v) is 4.77. The van der Waals surface area contributed by atoms with Crippen molar-refractivity contribution in [3.05, 3.63) is 42.2 Å². The third-order valence-electron chi connectivity index (χ3n) is 4.77. The van der Waals surface area contributed by atoms with Crippen LogP contribution in [0.25, 0.3) is 5.69 Å². The van der Waals surface area contributed by atoms with Crippen LogP contribution in [0.3, 0.4) is 0 Å². The zero-order chi connectivity index (χ0) is 20.3. The summed E-state index contributed by atoms with van der Waals surface area (Å²) in [5.41, 5.74) is 1.92. The smallest absolute Gasteiger partial charge is 0.191 e. The van der Waals surface area contributed by atoms with Gasteiger partial charge in [0.2, 0.25) is 0 Å². The molecule has 0 bridgehead atoms. The van der Waals surface area contributed by atoms with Crippen molar-refractivity contribution in [3.8, 4) is 11.4 Å². The van der Waals surface area contributed by atoms with E-state index in [1.54, 1.807) is 7.11 Å². The van der Waals surface area contributed by atoms with Crippen molar-refractivity contribution < 1.29 is 9.47 Å². The summed E-state index contributed by atoms with van der Waals surface area (Å²) >= 11 is 0. The zero-order valence-corrected chi connectivity index (χ0v) is 17.4. The Morgan fingerprint density at radius 3 is 2.69 bits per heavy atom. The number of hydrogen-bond donors (Lipinski definition) is 2. The summed E-state index contributed by atoms with van der Waals surface area (Å²) in [4.78, 5) is 7.11. The van der Waals surface area contributed by atoms with Crippen molar-refractivity contribution in [2.24, 2.45) is 4.99 Å². The third kappa shape index (κ3) is 6.76. The normalized spacial score (nSPS) is 15.3. The van der Waals surface area contributed by atoms with Gasteiger partial charge in [-0.1, -0.05) is 0 Å². The molecular weight excluding hydrogens is 368 g/mol. The first-order valence-corrected chi connectivity index (χ1v) is 10.3. The summed E-state index contributed by atoms with van der Waals surface area (Å²) in [6, 6.07) is 9.82. The number of nitrogens with zero attached hydrogens (tertiary/aromatic N) is 4. The van der Waals surface area contributed by atoms with Gasteiger partial charge in [-0.2, -0.15) is 5.10 Å². The topological polar surface area (TPSA) is 75.9 Å². The molecule has 0 unspecified atom stereocenters. The lowest BCUT2D eigenvalue weighted by Crippen LogP contribution is -2.40. The molecule has 0 radical (unpaired) electrons. The number of rotatable bonds is 9. The number of methoxy groups -OCH3 is 1. The highest BCUT2D eigenvalue weighted by molar-refractivity contribution is 5.79. The number of benzene rings is 1. The average Bonchev–Trinajstić information content (AvgIpc) is 3.25. The maximum Gasteiger partial charge on any atom is 0.191 e. The molecule has 1 saturated heterocycles. The van der Waals surface area contributed by atoms with Crippen molar-refractivity contribution in [2.75, 3.05) is 53.0 Å². The van der Waals surface area contributed by atoms with Crippen LogP contribution in [-0.2, 0) is 11.3 Å². The average molecular weight is 401 g/mol. The second-order valence-corrected chi connectivity index (χ2v) is 6.88. The van der Waals surface area contributed by atoms with Gasteiger partial charge < -0.3 is 20.1 Å². The van der Waals surface area contributed by atoms with E-state index in [9.17, 15) is 0 Å². The molecule has 1 aliphatic heterocycles. The molecule has 2 aromatic rings. The van der Waals surface area contributed by atoms with Crippen molar-refractivity contribution in [3.63, 3.8) is 0 Å². The van der Waals surface area contributed by atoms with Crippen molar-refractivity contribution in [1.82, 2.24) is 25.3 Å². The van der Waals surface area contributed by atoms with E-state index in [1.165, 1.54) is 0 Å². The molecule has 1 fully saturated rings. The summed E-state index contributed by atoms with van der Waals surface area (Å²) in [5.74, 6) is 1.66. The Morgan fingerprint density at radius 2 is 1.97 bits per heavy atom. The van der Waals surface area contributed by atoms with Crippen LogP contribution in [0.1, 0.15) is 19.0 Å². The van der Waals surface area contributed by atoms with Crippen LogP contribution in [0.15, 0.2) is 41.5 Å². The van der Waals surface area contributed by atoms with Crippen LogP contribution < -0.4 is 15.4 Å². The van der Waals surface area contributed by atoms with E-state index >= 15 is 0 Å². The molecule has 158 valence electrons. The van der Waals surface area contributed by atoms with Crippen LogP contribution in [-0.4, -0.2) is 73.7 Å². The lowest BCUT2D eigenvalue weighted by molar-refractivity contribution is 0.0376. The minimum atomic E-state index is 0.530. The van der Waals surface area contributed by atoms with E-state index in [-0.39, 0.29) is 0 Å². The second kappa shape index (κ2) is 11.4. The number of nitrogens with one attached hydrogen (secondary N) is 2. The van der Waals surface area contributed by atoms with E-state index in [4.69, 9.17) is 9.47 Å². The second-order valence-electron chi connectivity index (χ2n) is 6.88. The van der Waals surface area contributed by atoms with Gasteiger partial charge in [-0.15, -0.1) is 0 Å². The van der Waals surface area contributed by atoms with E-state index < -0.39 is 0 Å². The molecule has 2 N–H and O–H groups in total. The minimum absolute atomic E-state index is 0.530. The molecule has 3 rings (SSSR count). The highest BCUT2D eigenvalue weighted by Gasteiger charge is 2.09. The highest BCUT2D eigenvalue weighted by atomic mass is 16.5. The van der Waals surface area contributed by atoms with Gasteiger partial charge in [0.15, 0.2) is 5.96 Å². The Morgan fingerprint density at radius 1 is 1.17 bits per heavy atom. The molecular formula is C21H32N6O2. The molecule has 1 aliphatic rings. The fourth-order valence-electron chi connectivity index (χ4n) is 3.16. The number of ether oxygens (including phenoxy) is 2. The van der Waals surface area contributed by atoms with Crippen LogP contribution in [0.5, 0.6) is 5.75 Å². The first-order valence-electron chi connectivity index (χ1n) is 10.3. The molecule has 8 nitrogen and oxygen atoms in total.